The highest BCUT2D eigenvalue weighted by atomic mass is 19.1. The Labute approximate surface area is 703 Å². The molecule has 1 unspecified atom stereocenters. The van der Waals surface area contributed by atoms with Crippen LogP contribution in [0.25, 0.3) is 21.7 Å². The number of likely N-dealkylation sites (N-methyl/N-ethyl adjacent to an activating group) is 1. The zero-order valence-electron chi connectivity index (χ0n) is 70.1. The number of alkyl halides is 1. The van der Waals surface area contributed by atoms with Crippen LogP contribution in [0.15, 0.2) is 123 Å². The molecule has 4 aromatic carbocycles. The van der Waals surface area contributed by atoms with E-state index in [-0.39, 0.29) is 41.9 Å². The first-order valence-electron chi connectivity index (χ1n) is 42.9. The summed E-state index contributed by atoms with van der Waals surface area (Å²) in [5, 5.41) is 23.2. The van der Waals surface area contributed by atoms with Gasteiger partial charge in [-0.05, 0) is 131 Å². The van der Waals surface area contributed by atoms with Crippen molar-refractivity contribution in [3.63, 3.8) is 0 Å². The number of hydrogen-bond donors (Lipinski definition) is 2. The minimum absolute atomic E-state index is 0.0152. The number of amides is 3. The number of phenolic OH excluding ortho intramolecular Hbond substituents is 1. The molecule has 634 valence electrons. The average molecular weight is 1640 g/mol. The number of phenols is 1. The number of fused-ring (bicyclic) bond motifs is 5. The number of ether oxygens (including phenoxy) is 4. The van der Waals surface area contributed by atoms with E-state index < -0.39 is 6.17 Å². The van der Waals surface area contributed by atoms with Gasteiger partial charge in [-0.15, -0.1) is 0 Å². The van der Waals surface area contributed by atoms with Gasteiger partial charge in [-0.3, -0.25) is 24.2 Å². The van der Waals surface area contributed by atoms with Crippen LogP contribution in [0.4, 0.5) is 38.9 Å². The lowest BCUT2D eigenvalue weighted by atomic mass is 10.0. The molecular weight excluding hydrogens is 1520 g/mol. The summed E-state index contributed by atoms with van der Waals surface area (Å²) in [6, 6.07) is 30.2. The Hall–Kier alpha value is -11.2. The van der Waals surface area contributed by atoms with Crippen molar-refractivity contribution in [2.24, 2.45) is 5.92 Å². The van der Waals surface area contributed by atoms with Gasteiger partial charge in [0.1, 0.15) is 36.0 Å². The van der Waals surface area contributed by atoms with Gasteiger partial charge in [0.25, 0.3) is 0 Å². The zero-order valence-corrected chi connectivity index (χ0v) is 70.1. The maximum Gasteiger partial charge on any atom is 0.318 e. The zero-order chi connectivity index (χ0) is 83.3. The van der Waals surface area contributed by atoms with Gasteiger partial charge in [0.05, 0.1) is 81.7 Å². The van der Waals surface area contributed by atoms with Gasteiger partial charge >= 0.3 is 18.0 Å². The van der Waals surface area contributed by atoms with Crippen molar-refractivity contribution < 1.29 is 42.8 Å². The molecule has 4 aromatic heterocycles. The van der Waals surface area contributed by atoms with E-state index in [1.54, 1.807) is 11.0 Å². The van der Waals surface area contributed by atoms with Crippen LogP contribution in [0, 0.1) is 31.1 Å². The minimum Gasteiger partial charge on any atom is -0.508 e. The van der Waals surface area contributed by atoms with Crippen molar-refractivity contribution in [2.45, 2.75) is 110 Å². The standard InChI is InChI=1S/C32H39FN6O3.C30H39N7O3.C29H37N7O2/c1-3-30(41)37-12-14-38(15-13-37)31-26-9-11-39(29-18-24(40)17-23-7-4-5-8-25(23)29)21-28(26)34-32(35-31)42-16-6-10-36-19-22(2)27(33)20-36;1-3-27(38)35-12-14-36(15-13-35)29-24-8-11-37(28-22(2)5-6-25-23(28)7-9-31-25)21-26(24)32-30(33-29)40-18-4-10-34-16-19-39-20-17-34;1-4-27(37)36-17-16-35(18-22(36)11-13-30)28-24-12-15-34(26-10-6-5-8-21(26)2)19-25(24)31-29(32-28)38-20-23-9-7-14-33(23)3/h3-5,7-8,17-18,22,27,40H,1,6,9-16,19-21H2,2H3;3,5-7,9,31H,1,4,8,10-21H2,2H3;4-6,8,10,22-23H,1,7,9,11-12,14-20H2,2-3H3/t22-,27+;;22?,23-/m0.0/s1. The Balaban J connectivity index is 0.000000140. The predicted octanol–water partition coefficient (Wildman–Crippen LogP) is 9.49. The van der Waals surface area contributed by atoms with E-state index in [9.17, 15) is 29.1 Å². The Bertz CT molecular complexity index is 5010. The SMILES string of the molecule is C=CC(=O)N1CCN(c2nc(OCCCN3CCOCC3)nc3c2CCN(c2c(C)ccc4[nH]ccc24)C3)CC1.C=CC(=O)N1CCN(c2nc(OCCCN3C[C@@H](F)[C@@H](C)C3)nc3c2CCN(c2cc(O)cc4ccccc24)C3)CC1.C=CC(=O)N1CCN(c2nc(OC[C@@H]3CCCN3C)nc3c2CCN(c2ccccc2C)C3)CC1CC#N. The molecule has 120 heavy (non-hydrogen) atoms. The summed E-state index contributed by atoms with van der Waals surface area (Å²) in [5.41, 5.74) is 13.5. The highest BCUT2D eigenvalue weighted by Gasteiger charge is 2.37. The third-order valence-electron chi connectivity index (χ3n) is 25.1. The average Bonchev–Trinajstić information content (AvgIpc) is 1.40. The number of H-pyrrole nitrogens is 1. The largest absolute Gasteiger partial charge is 0.508 e. The van der Waals surface area contributed by atoms with E-state index >= 15 is 0 Å². The van der Waals surface area contributed by atoms with Crippen LogP contribution in [0.2, 0.25) is 0 Å². The molecule has 9 aliphatic rings. The second-order valence-electron chi connectivity index (χ2n) is 32.9. The minimum atomic E-state index is -0.758. The number of halogens is 1. The van der Waals surface area contributed by atoms with Crippen LogP contribution in [0.1, 0.15) is 83.9 Å². The number of aromatic amines is 1. The van der Waals surface area contributed by atoms with Crippen molar-refractivity contribution in [1.29, 1.82) is 5.26 Å². The van der Waals surface area contributed by atoms with Gasteiger partial charge in [-0.25, -0.2) is 4.39 Å². The number of morpholine rings is 1. The molecular formula is C91H115FN20O8. The molecule has 29 heteroatoms. The third kappa shape index (κ3) is 19.5. The predicted molar refractivity (Wildman–Crippen MR) is 465 cm³/mol. The fraction of sp³-hybridized carbons (Fsp3) is 0.495. The monoisotopic (exact) mass is 1630 g/mol. The molecule has 28 nitrogen and oxygen atoms in total. The molecule has 17 rings (SSSR count). The van der Waals surface area contributed by atoms with Crippen LogP contribution in [0.3, 0.4) is 0 Å². The number of aromatic hydroxyl groups is 1. The number of hydrogen-bond acceptors (Lipinski definition) is 24. The molecule has 6 saturated heterocycles. The molecule has 0 saturated carbocycles. The first-order valence-corrected chi connectivity index (χ1v) is 42.9. The van der Waals surface area contributed by atoms with Crippen LogP contribution in [-0.4, -0.2) is 283 Å². The number of likely N-dealkylation sites (tertiary alicyclic amines) is 2. The molecule has 2 N–H and O–H groups in total. The van der Waals surface area contributed by atoms with E-state index in [0.29, 0.717) is 129 Å². The number of carbonyl (C=O) groups excluding carboxylic acids is 3. The summed E-state index contributed by atoms with van der Waals surface area (Å²) in [4.78, 5) is 95.8. The number of carbonyl (C=O) groups is 3. The fourth-order valence-electron chi connectivity index (χ4n) is 18.4. The van der Waals surface area contributed by atoms with Crippen molar-refractivity contribution in [1.82, 2.24) is 64.3 Å². The second-order valence-corrected chi connectivity index (χ2v) is 32.9. The molecule has 4 atom stereocenters. The highest BCUT2D eigenvalue weighted by molar-refractivity contribution is 5.96. The number of aromatic nitrogens is 7. The van der Waals surface area contributed by atoms with Crippen LogP contribution in [0.5, 0.6) is 23.8 Å². The van der Waals surface area contributed by atoms with E-state index in [1.807, 2.05) is 47.2 Å². The molecule has 0 radical (unpaired) electrons. The van der Waals surface area contributed by atoms with Crippen molar-refractivity contribution in [3.8, 4) is 29.9 Å². The van der Waals surface area contributed by atoms with E-state index in [4.69, 9.17) is 48.9 Å². The van der Waals surface area contributed by atoms with E-state index in [2.05, 4.69) is 144 Å². The van der Waals surface area contributed by atoms with E-state index in [1.165, 1.54) is 58.1 Å². The van der Waals surface area contributed by atoms with Gasteiger partial charge < -0.3 is 78.0 Å². The summed E-state index contributed by atoms with van der Waals surface area (Å²) in [5.74, 6) is 2.81. The van der Waals surface area contributed by atoms with Crippen molar-refractivity contribution >= 4 is 73.9 Å². The summed E-state index contributed by atoms with van der Waals surface area (Å²) < 4.78 is 37.9. The van der Waals surface area contributed by atoms with Crippen molar-refractivity contribution in [2.75, 3.05) is 207 Å². The number of benzene rings is 4. The smallest absolute Gasteiger partial charge is 0.318 e. The number of para-hydroxylation sites is 1. The lowest BCUT2D eigenvalue weighted by Gasteiger charge is -2.42. The summed E-state index contributed by atoms with van der Waals surface area (Å²) in [6.45, 7) is 37.9. The van der Waals surface area contributed by atoms with Gasteiger partial charge in [-0.1, -0.05) is 75.2 Å². The van der Waals surface area contributed by atoms with Gasteiger partial charge in [0.15, 0.2) is 0 Å². The molecule has 0 spiro atoms. The molecule has 9 aliphatic heterocycles. The molecule has 8 aromatic rings. The first kappa shape index (κ1) is 83.9. The Morgan fingerprint density at radius 3 is 1.72 bits per heavy atom. The lowest BCUT2D eigenvalue weighted by molar-refractivity contribution is -0.128. The van der Waals surface area contributed by atoms with Crippen LogP contribution >= 0.6 is 0 Å². The van der Waals surface area contributed by atoms with Crippen LogP contribution < -0.4 is 43.6 Å². The fourth-order valence-corrected chi connectivity index (χ4v) is 18.4. The normalized spacial score (nSPS) is 20.3. The van der Waals surface area contributed by atoms with E-state index in [0.717, 1.165) is 191 Å². The third-order valence-corrected chi connectivity index (χ3v) is 25.1. The Kier molecular flexibility index (Phi) is 27.2. The Morgan fingerprint density at radius 2 is 1.13 bits per heavy atom. The van der Waals surface area contributed by atoms with Gasteiger partial charge in [0, 0.05) is 205 Å². The number of rotatable bonds is 23. The topological polar surface area (TPSA) is 264 Å². The van der Waals surface area contributed by atoms with Gasteiger partial charge in [0.2, 0.25) is 17.7 Å². The maximum absolute atomic E-state index is 13.9. The molecule has 6 fully saturated rings. The second kappa shape index (κ2) is 38.9. The molecule has 13 heterocycles. The van der Waals surface area contributed by atoms with Crippen LogP contribution in [-0.2, 0) is 58.0 Å². The number of nitriles is 1. The molecule has 0 bridgehead atoms. The number of nitrogens with one attached hydrogen (secondary N) is 1. The van der Waals surface area contributed by atoms with Crippen molar-refractivity contribution in [3.05, 3.63) is 168 Å². The number of anilines is 6. The molecule has 0 aliphatic carbocycles. The lowest BCUT2D eigenvalue weighted by Crippen LogP contribution is -2.55. The number of piperazine rings is 3. The Morgan fingerprint density at radius 1 is 0.575 bits per heavy atom. The highest BCUT2D eigenvalue weighted by Crippen LogP contribution is 2.41. The summed E-state index contributed by atoms with van der Waals surface area (Å²) >= 11 is 0. The summed E-state index contributed by atoms with van der Waals surface area (Å²) in [7, 11) is 2.14. The van der Waals surface area contributed by atoms with Gasteiger partial charge in [-0.2, -0.15) is 35.2 Å². The quantitative estimate of drug-likeness (QED) is 0.0446. The maximum atomic E-state index is 13.9. The summed E-state index contributed by atoms with van der Waals surface area (Å²) in [6.07, 6.45) is 12.0. The number of aryl methyl sites for hydroxylation is 2. The molecule has 3 amide bonds. The number of nitrogens with zero attached hydrogens (tertiary/aromatic N) is 19. The first-order chi connectivity index (χ1) is 58.5.